The number of nitrogens with one attached hydrogen (secondary N) is 3. The van der Waals surface area contributed by atoms with Crippen LogP contribution in [0.15, 0.2) is 41.3 Å². The molecule has 242 valence electrons. The van der Waals surface area contributed by atoms with Gasteiger partial charge in [0.1, 0.15) is 29.8 Å². The third-order valence-corrected chi connectivity index (χ3v) is 8.95. The first-order valence-corrected chi connectivity index (χ1v) is 15.8. The number of pyridine rings is 1. The van der Waals surface area contributed by atoms with Gasteiger partial charge in [0, 0.05) is 24.3 Å². The SMILES string of the molecule is Cc1cc(C)c(OCC(O)CNc2cc[nH]c(=O)c2-c2nc3cc4c(cc3[nH]2)C(=O)N(C2CCN(C)CC2)C4=O)c(C(C)(C)C)c1. The minimum absolute atomic E-state index is 0.0608. The molecule has 46 heavy (non-hydrogen) atoms. The average Bonchev–Trinajstić information content (AvgIpc) is 3.51. The van der Waals surface area contributed by atoms with Crippen LogP contribution in [-0.2, 0) is 5.41 Å². The Kier molecular flexibility index (Phi) is 8.24. The second-order valence-corrected chi connectivity index (χ2v) is 13.7. The number of carbonyl (C=O) groups excluding carboxylic acids is 2. The number of aliphatic hydroxyl groups excluding tert-OH is 1. The molecule has 0 saturated carbocycles. The predicted molar refractivity (Wildman–Crippen MR) is 178 cm³/mol. The van der Waals surface area contributed by atoms with Gasteiger partial charge in [-0.3, -0.25) is 19.3 Å². The van der Waals surface area contributed by atoms with Crippen molar-refractivity contribution < 1.29 is 19.4 Å². The van der Waals surface area contributed by atoms with Crippen molar-refractivity contribution >= 4 is 28.5 Å². The number of hydrogen-bond acceptors (Lipinski definition) is 8. The second-order valence-electron chi connectivity index (χ2n) is 13.7. The number of nitrogens with zero attached hydrogens (tertiary/aromatic N) is 3. The molecule has 11 heteroatoms. The number of imide groups is 1. The summed E-state index contributed by atoms with van der Waals surface area (Å²) in [5.74, 6) is 0.465. The number of hydrogen-bond donors (Lipinski definition) is 4. The number of aryl methyl sites for hydroxylation is 2. The zero-order valence-electron chi connectivity index (χ0n) is 27.3. The molecule has 0 aliphatic carbocycles. The number of aliphatic hydroxyl groups is 1. The highest BCUT2D eigenvalue weighted by atomic mass is 16.5. The van der Waals surface area contributed by atoms with Crippen LogP contribution < -0.4 is 15.6 Å². The summed E-state index contributed by atoms with van der Waals surface area (Å²) in [5.41, 5.74) is 5.15. The van der Waals surface area contributed by atoms with Gasteiger partial charge in [0.25, 0.3) is 17.4 Å². The summed E-state index contributed by atoms with van der Waals surface area (Å²) in [4.78, 5) is 53.9. The Morgan fingerprint density at radius 1 is 1.07 bits per heavy atom. The van der Waals surface area contributed by atoms with Crippen molar-refractivity contribution in [2.75, 3.05) is 38.6 Å². The van der Waals surface area contributed by atoms with Gasteiger partial charge in [0.15, 0.2) is 0 Å². The number of piperidine rings is 1. The first-order chi connectivity index (χ1) is 21.8. The Bertz CT molecular complexity index is 1830. The van der Waals surface area contributed by atoms with Crippen molar-refractivity contribution in [2.45, 2.75) is 65.0 Å². The number of aromatic amines is 2. The number of imidazole rings is 1. The van der Waals surface area contributed by atoms with E-state index in [0.29, 0.717) is 27.8 Å². The van der Waals surface area contributed by atoms with Crippen LogP contribution in [0.1, 0.15) is 71.0 Å². The van der Waals surface area contributed by atoms with E-state index in [4.69, 9.17) is 4.74 Å². The van der Waals surface area contributed by atoms with E-state index in [1.165, 1.54) is 11.1 Å². The number of carbonyl (C=O) groups is 2. The fourth-order valence-corrected chi connectivity index (χ4v) is 6.50. The van der Waals surface area contributed by atoms with Gasteiger partial charge in [0.2, 0.25) is 0 Å². The number of H-pyrrole nitrogens is 2. The predicted octanol–water partition coefficient (Wildman–Crippen LogP) is 4.37. The molecule has 2 aromatic heterocycles. The van der Waals surface area contributed by atoms with Crippen LogP contribution in [0, 0.1) is 13.8 Å². The number of ether oxygens (including phenoxy) is 1. The zero-order chi connectivity index (χ0) is 32.9. The van der Waals surface area contributed by atoms with Crippen molar-refractivity contribution in [1.29, 1.82) is 0 Å². The molecule has 2 aliphatic rings. The van der Waals surface area contributed by atoms with Crippen LogP contribution in [-0.4, -0.2) is 87.1 Å². The van der Waals surface area contributed by atoms with E-state index in [0.717, 1.165) is 48.4 Å². The zero-order valence-corrected chi connectivity index (χ0v) is 27.3. The highest BCUT2D eigenvalue weighted by Gasteiger charge is 2.41. The molecule has 1 unspecified atom stereocenters. The maximum atomic E-state index is 13.4. The highest BCUT2D eigenvalue weighted by Crippen LogP contribution is 2.36. The Morgan fingerprint density at radius 3 is 2.46 bits per heavy atom. The van der Waals surface area contributed by atoms with Gasteiger partial charge in [-0.2, -0.15) is 0 Å². The van der Waals surface area contributed by atoms with E-state index < -0.39 is 6.10 Å². The lowest BCUT2D eigenvalue weighted by Crippen LogP contribution is -2.46. The maximum Gasteiger partial charge on any atom is 0.261 e. The third kappa shape index (κ3) is 5.92. The number of amides is 2. The number of rotatable bonds is 8. The smallest absolute Gasteiger partial charge is 0.261 e. The van der Waals surface area contributed by atoms with Crippen LogP contribution >= 0.6 is 0 Å². The molecule has 2 aromatic carbocycles. The molecule has 2 amide bonds. The summed E-state index contributed by atoms with van der Waals surface area (Å²) in [6.45, 7) is 12.3. The Morgan fingerprint density at radius 2 is 1.76 bits per heavy atom. The summed E-state index contributed by atoms with van der Waals surface area (Å²) in [6.07, 6.45) is 2.15. The Labute approximate surface area is 268 Å². The van der Waals surface area contributed by atoms with Gasteiger partial charge in [-0.15, -0.1) is 0 Å². The van der Waals surface area contributed by atoms with Gasteiger partial charge in [-0.1, -0.05) is 38.5 Å². The molecule has 1 fully saturated rings. The molecule has 4 aromatic rings. The van der Waals surface area contributed by atoms with Gasteiger partial charge >= 0.3 is 0 Å². The lowest BCUT2D eigenvalue weighted by Gasteiger charge is -2.33. The Hall–Kier alpha value is -4.48. The molecule has 0 radical (unpaired) electrons. The minimum atomic E-state index is -0.871. The van der Waals surface area contributed by atoms with Crippen molar-refractivity contribution in [3.63, 3.8) is 0 Å². The molecular weight excluding hydrogens is 584 g/mol. The fraction of sp³-hybridized carbons (Fsp3) is 0.429. The van der Waals surface area contributed by atoms with Crippen molar-refractivity contribution in [3.05, 3.63) is 74.7 Å². The summed E-state index contributed by atoms with van der Waals surface area (Å²) < 4.78 is 6.15. The lowest BCUT2D eigenvalue weighted by molar-refractivity contribution is 0.0516. The summed E-state index contributed by atoms with van der Waals surface area (Å²) in [5, 5.41) is 14.0. The first kappa shape index (κ1) is 31.5. The average molecular weight is 627 g/mol. The van der Waals surface area contributed by atoms with Crippen LogP contribution in [0.25, 0.3) is 22.4 Å². The number of anilines is 1. The molecule has 6 rings (SSSR count). The molecule has 1 atom stereocenters. The van der Waals surface area contributed by atoms with E-state index >= 15 is 0 Å². The van der Waals surface area contributed by atoms with Gasteiger partial charge in [-0.05, 0) is 76.0 Å². The standard InChI is InChI=1S/C35H42N6O5/c1-19-13-20(2)30(25(14-19)35(3,4)5)46-18-22(42)17-37-26-7-10-36-32(43)29(26)31-38-27-15-23-24(16-28(27)39-31)34(45)41(33(23)44)21-8-11-40(6)12-9-21/h7,10,13-16,21-22,42H,8-9,11-12,17-18H2,1-6H3,(H,38,39)(H2,36,37,43). The van der Waals surface area contributed by atoms with E-state index in [1.54, 1.807) is 18.2 Å². The molecule has 4 heterocycles. The van der Waals surface area contributed by atoms with Crippen LogP contribution in [0.2, 0.25) is 0 Å². The quantitative estimate of drug-likeness (QED) is 0.211. The molecule has 0 bridgehead atoms. The third-order valence-electron chi connectivity index (χ3n) is 8.95. The number of benzene rings is 2. The monoisotopic (exact) mass is 626 g/mol. The summed E-state index contributed by atoms with van der Waals surface area (Å²) >= 11 is 0. The normalized spacial score (nSPS) is 16.7. The summed E-state index contributed by atoms with van der Waals surface area (Å²) in [6, 6.07) is 9.05. The van der Waals surface area contributed by atoms with Gasteiger partial charge in [0.05, 0.1) is 27.8 Å². The maximum absolute atomic E-state index is 13.4. The molecular formula is C35H42N6O5. The Balaban J connectivity index is 1.20. The van der Waals surface area contributed by atoms with Crippen LogP contribution in [0.3, 0.4) is 0 Å². The summed E-state index contributed by atoms with van der Waals surface area (Å²) in [7, 11) is 2.04. The number of fused-ring (bicyclic) bond motifs is 2. The van der Waals surface area contributed by atoms with Crippen molar-refractivity contribution in [1.82, 2.24) is 24.8 Å². The topological polar surface area (TPSA) is 144 Å². The van der Waals surface area contributed by atoms with E-state index in [9.17, 15) is 19.5 Å². The van der Waals surface area contributed by atoms with Gasteiger partial charge in [-0.25, -0.2) is 4.98 Å². The highest BCUT2D eigenvalue weighted by molar-refractivity contribution is 6.23. The molecule has 1 saturated heterocycles. The fourth-order valence-electron chi connectivity index (χ4n) is 6.50. The molecule has 11 nitrogen and oxygen atoms in total. The molecule has 0 spiro atoms. The van der Waals surface area contributed by atoms with E-state index in [1.807, 2.05) is 14.0 Å². The molecule has 2 aliphatic heterocycles. The molecule has 4 N–H and O–H groups in total. The van der Waals surface area contributed by atoms with Crippen molar-refractivity contribution in [3.8, 4) is 17.1 Å². The second kappa shape index (κ2) is 12.0. The number of likely N-dealkylation sites (tertiary alicyclic amines) is 1. The van der Waals surface area contributed by atoms with E-state index in [-0.39, 0.29) is 53.4 Å². The van der Waals surface area contributed by atoms with E-state index in [2.05, 4.69) is 65.0 Å². The lowest BCUT2D eigenvalue weighted by atomic mass is 9.84. The minimum Gasteiger partial charge on any atom is -0.490 e. The largest absolute Gasteiger partial charge is 0.490 e. The van der Waals surface area contributed by atoms with Gasteiger partial charge < -0.3 is 30.0 Å². The first-order valence-electron chi connectivity index (χ1n) is 15.8. The van der Waals surface area contributed by atoms with Crippen molar-refractivity contribution in [2.24, 2.45) is 0 Å². The van der Waals surface area contributed by atoms with Crippen LogP contribution in [0.5, 0.6) is 5.75 Å². The van der Waals surface area contributed by atoms with Crippen LogP contribution in [0.4, 0.5) is 5.69 Å². The number of aromatic nitrogens is 3.